The average molecular weight is 316 g/mol. The van der Waals surface area contributed by atoms with Gasteiger partial charge in [-0.25, -0.2) is 17.7 Å². The number of aromatic nitrogens is 2. The van der Waals surface area contributed by atoms with Crippen LogP contribution in [-0.4, -0.2) is 8.52 Å². The smallest absolute Gasteiger partial charge is 0.255 e. The number of hydrogen-bond acceptors (Lipinski definition) is 3. The van der Waals surface area contributed by atoms with Gasteiger partial charge in [0, 0.05) is 11.5 Å². The first-order chi connectivity index (χ1) is 10.5. The highest BCUT2D eigenvalue weighted by atomic mass is 32.1. The molecule has 22 heavy (non-hydrogen) atoms. The molecule has 1 aromatic heterocycles. The standard InChI is InChI=1S/C16H13FN2O2S/c1-11-3-2-4-14(9-11)19-15(20)18(16(21)22-19)10-12-5-7-13(17)8-6-12/h2-9H,10H2,1H3. The van der Waals surface area contributed by atoms with Crippen LogP contribution in [0.3, 0.4) is 0 Å². The molecule has 0 bridgehead atoms. The predicted molar refractivity (Wildman–Crippen MR) is 84.4 cm³/mol. The summed E-state index contributed by atoms with van der Waals surface area (Å²) in [7, 11) is 0. The lowest BCUT2D eigenvalue weighted by Gasteiger charge is -2.02. The summed E-state index contributed by atoms with van der Waals surface area (Å²) >= 11 is 0.863. The van der Waals surface area contributed by atoms with Gasteiger partial charge in [0.15, 0.2) is 0 Å². The Kier molecular flexibility index (Phi) is 3.77. The zero-order valence-corrected chi connectivity index (χ0v) is 12.6. The maximum atomic E-state index is 12.9. The van der Waals surface area contributed by atoms with Gasteiger partial charge in [0.25, 0.3) is 0 Å². The molecule has 0 radical (unpaired) electrons. The van der Waals surface area contributed by atoms with Gasteiger partial charge in [0.2, 0.25) is 0 Å². The lowest BCUT2D eigenvalue weighted by molar-refractivity contribution is 0.625. The monoisotopic (exact) mass is 316 g/mol. The summed E-state index contributed by atoms with van der Waals surface area (Å²) in [6.45, 7) is 2.06. The van der Waals surface area contributed by atoms with E-state index in [1.165, 1.54) is 16.1 Å². The van der Waals surface area contributed by atoms with E-state index in [0.717, 1.165) is 21.7 Å². The summed E-state index contributed by atoms with van der Waals surface area (Å²) in [6.07, 6.45) is 0. The van der Waals surface area contributed by atoms with Crippen LogP contribution in [0.2, 0.25) is 0 Å². The third-order valence-corrected chi connectivity index (χ3v) is 4.21. The van der Waals surface area contributed by atoms with Crippen LogP contribution < -0.4 is 10.6 Å². The first-order valence-electron chi connectivity index (χ1n) is 6.69. The number of rotatable bonds is 3. The molecule has 3 rings (SSSR count). The van der Waals surface area contributed by atoms with E-state index in [9.17, 15) is 14.0 Å². The third-order valence-electron chi connectivity index (χ3n) is 3.28. The van der Waals surface area contributed by atoms with Crippen molar-refractivity contribution in [3.8, 4) is 5.69 Å². The average Bonchev–Trinajstić information content (AvgIpc) is 2.77. The summed E-state index contributed by atoms with van der Waals surface area (Å²) in [5.41, 5.74) is 2.00. The minimum atomic E-state index is -0.384. The third kappa shape index (κ3) is 2.78. The Labute approximate surface area is 129 Å². The molecule has 0 saturated carbocycles. The van der Waals surface area contributed by atoms with Crippen molar-refractivity contribution < 1.29 is 4.39 Å². The fourth-order valence-corrected chi connectivity index (χ4v) is 2.97. The molecule has 0 aliphatic carbocycles. The highest BCUT2D eigenvalue weighted by molar-refractivity contribution is 7.03. The van der Waals surface area contributed by atoms with Gasteiger partial charge in [-0.2, -0.15) is 0 Å². The molecule has 0 aliphatic heterocycles. The second-order valence-electron chi connectivity index (χ2n) is 4.99. The summed E-state index contributed by atoms with van der Waals surface area (Å²) in [4.78, 5) is 24.2. The van der Waals surface area contributed by atoms with E-state index >= 15 is 0 Å². The lowest BCUT2D eigenvalue weighted by Crippen LogP contribution is -2.28. The van der Waals surface area contributed by atoms with Crippen LogP contribution in [0.25, 0.3) is 5.69 Å². The molecule has 4 nitrogen and oxygen atoms in total. The van der Waals surface area contributed by atoms with E-state index < -0.39 is 0 Å². The quantitative estimate of drug-likeness (QED) is 0.745. The van der Waals surface area contributed by atoms with Crippen LogP contribution in [0.5, 0.6) is 0 Å². The Morgan fingerprint density at radius 2 is 1.82 bits per heavy atom. The van der Waals surface area contributed by atoms with E-state index in [1.54, 1.807) is 18.2 Å². The Morgan fingerprint density at radius 3 is 2.50 bits per heavy atom. The van der Waals surface area contributed by atoms with Gasteiger partial charge in [-0.1, -0.05) is 24.3 Å². The van der Waals surface area contributed by atoms with Crippen molar-refractivity contribution >= 4 is 11.5 Å². The van der Waals surface area contributed by atoms with Crippen molar-refractivity contribution in [3.63, 3.8) is 0 Å². The van der Waals surface area contributed by atoms with Gasteiger partial charge in [-0.15, -0.1) is 0 Å². The first-order valence-corrected chi connectivity index (χ1v) is 7.46. The molecular formula is C16H13FN2O2S. The van der Waals surface area contributed by atoms with E-state index in [2.05, 4.69) is 0 Å². The topological polar surface area (TPSA) is 44.0 Å². The molecule has 0 spiro atoms. The van der Waals surface area contributed by atoms with E-state index in [-0.39, 0.29) is 22.9 Å². The lowest BCUT2D eigenvalue weighted by atomic mass is 10.2. The zero-order chi connectivity index (χ0) is 15.7. The Bertz CT molecular complexity index is 922. The molecule has 3 aromatic rings. The Balaban J connectivity index is 2.02. The number of hydrogen-bond donors (Lipinski definition) is 0. The molecule has 112 valence electrons. The molecule has 6 heteroatoms. The molecule has 0 aliphatic rings. The van der Waals surface area contributed by atoms with Crippen LogP contribution in [0, 0.1) is 12.7 Å². The molecule has 0 N–H and O–H groups in total. The van der Waals surface area contributed by atoms with Crippen LogP contribution >= 0.6 is 11.5 Å². The van der Waals surface area contributed by atoms with Crippen LogP contribution in [-0.2, 0) is 6.54 Å². The van der Waals surface area contributed by atoms with E-state index in [4.69, 9.17) is 0 Å². The van der Waals surface area contributed by atoms with Gasteiger partial charge in [-0.3, -0.25) is 4.79 Å². The second-order valence-corrected chi connectivity index (χ2v) is 5.88. The maximum Gasteiger partial charge on any atom is 0.346 e. The summed E-state index contributed by atoms with van der Waals surface area (Å²) in [5.74, 6) is -0.349. The minimum Gasteiger partial charge on any atom is -0.255 e. The molecule has 0 fully saturated rings. The van der Waals surface area contributed by atoms with Crippen molar-refractivity contribution in [1.82, 2.24) is 8.52 Å². The molecule has 0 atom stereocenters. The number of aryl methyl sites for hydroxylation is 1. The van der Waals surface area contributed by atoms with Crippen LogP contribution in [0.4, 0.5) is 4.39 Å². The second kappa shape index (κ2) is 5.73. The fraction of sp³-hybridized carbons (Fsp3) is 0.125. The van der Waals surface area contributed by atoms with Gasteiger partial charge in [-0.05, 0) is 42.3 Å². The highest BCUT2D eigenvalue weighted by Gasteiger charge is 2.12. The van der Waals surface area contributed by atoms with Gasteiger partial charge in [0.05, 0.1) is 12.2 Å². The summed E-state index contributed by atoms with van der Waals surface area (Å²) in [6, 6.07) is 13.1. The predicted octanol–water partition coefficient (Wildman–Crippen LogP) is 2.56. The van der Waals surface area contributed by atoms with E-state index in [0.29, 0.717) is 11.3 Å². The van der Waals surface area contributed by atoms with Crippen LogP contribution in [0.1, 0.15) is 11.1 Å². The minimum absolute atomic E-state index is 0.132. The molecule has 0 amide bonds. The van der Waals surface area contributed by atoms with Gasteiger partial charge in [0.1, 0.15) is 5.82 Å². The fourth-order valence-electron chi connectivity index (χ4n) is 2.18. The number of halogens is 1. The largest absolute Gasteiger partial charge is 0.346 e. The molecule has 0 unspecified atom stereocenters. The summed E-state index contributed by atoms with van der Waals surface area (Å²) < 4.78 is 15.4. The zero-order valence-electron chi connectivity index (χ0n) is 11.8. The molecule has 0 saturated heterocycles. The summed E-state index contributed by atoms with van der Waals surface area (Å²) in [5, 5.41) is 0. The Hall–Kier alpha value is -2.47. The van der Waals surface area contributed by atoms with Crippen molar-refractivity contribution in [2.45, 2.75) is 13.5 Å². The van der Waals surface area contributed by atoms with Gasteiger partial charge >= 0.3 is 10.6 Å². The van der Waals surface area contributed by atoms with Crippen molar-refractivity contribution in [2.24, 2.45) is 0 Å². The molecule has 2 aromatic carbocycles. The van der Waals surface area contributed by atoms with Crippen molar-refractivity contribution in [3.05, 3.63) is 85.6 Å². The van der Waals surface area contributed by atoms with E-state index in [1.807, 2.05) is 25.1 Å². The highest BCUT2D eigenvalue weighted by Crippen LogP contribution is 2.10. The van der Waals surface area contributed by atoms with Crippen molar-refractivity contribution in [2.75, 3.05) is 0 Å². The number of nitrogens with zero attached hydrogens (tertiary/aromatic N) is 2. The Morgan fingerprint density at radius 1 is 1.09 bits per heavy atom. The molecular weight excluding hydrogens is 303 g/mol. The van der Waals surface area contributed by atoms with Crippen molar-refractivity contribution in [1.29, 1.82) is 0 Å². The van der Waals surface area contributed by atoms with Crippen LogP contribution in [0.15, 0.2) is 58.1 Å². The first kappa shape index (κ1) is 14.5. The number of benzene rings is 2. The van der Waals surface area contributed by atoms with Gasteiger partial charge < -0.3 is 0 Å². The SMILES string of the molecule is Cc1cccc(-n2sc(=O)n(Cc3ccc(F)cc3)c2=O)c1. The maximum absolute atomic E-state index is 12.9. The molecule has 1 heterocycles. The normalized spacial score (nSPS) is 10.8.